The second-order valence-electron chi connectivity index (χ2n) is 6.55. The maximum absolute atomic E-state index is 12.9. The third-order valence-electron chi connectivity index (χ3n) is 4.35. The molecule has 4 amide bonds. The highest BCUT2D eigenvalue weighted by Gasteiger charge is 2.36. The molecule has 29 heavy (non-hydrogen) atoms. The Kier molecular flexibility index (Phi) is 5.97. The van der Waals surface area contributed by atoms with E-state index in [1.807, 2.05) is 13.8 Å². The number of nitrogens with zero attached hydrogens (tertiary/aromatic N) is 1. The molecule has 2 aromatic rings. The van der Waals surface area contributed by atoms with Crippen LogP contribution in [0.25, 0.3) is 6.08 Å². The van der Waals surface area contributed by atoms with E-state index in [2.05, 4.69) is 5.32 Å². The lowest BCUT2D eigenvalue weighted by molar-refractivity contribution is -0.122. The van der Waals surface area contributed by atoms with E-state index in [9.17, 15) is 14.4 Å². The van der Waals surface area contributed by atoms with Crippen LogP contribution < -0.4 is 19.7 Å². The first-order valence-electron chi connectivity index (χ1n) is 9.23. The molecule has 150 valence electrons. The average Bonchev–Trinajstić information content (AvgIpc) is 2.71. The summed E-state index contributed by atoms with van der Waals surface area (Å²) in [4.78, 5) is 38.4. The number of rotatable bonds is 6. The highest BCUT2D eigenvalue weighted by atomic mass is 16.5. The Morgan fingerprint density at radius 3 is 2.41 bits per heavy atom. The predicted octanol–water partition coefficient (Wildman–Crippen LogP) is 3.46. The van der Waals surface area contributed by atoms with Crippen LogP contribution in [0.15, 0.2) is 48.0 Å². The molecule has 0 saturated carbocycles. The van der Waals surface area contributed by atoms with Gasteiger partial charge in [0.25, 0.3) is 11.8 Å². The summed E-state index contributed by atoms with van der Waals surface area (Å²) in [6.45, 7) is 4.45. The van der Waals surface area contributed by atoms with E-state index >= 15 is 0 Å². The number of ether oxygens (including phenoxy) is 2. The maximum atomic E-state index is 12.9. The Morgan fingerprint density at radius 1 is 1.03 bits per heavy atom. The van der Waals surface area contributed by atoms with Gasteiger partial charge in [-0.2, -0.15) is 0 Å². The lowest BCUT2D eigenvalue weighted by Gasteiger charge is -2.26. The molecule has 0 spiro atoms. The Balaban J connectivity index is 1.95. The molecule has 2 aromatic carbocycles. The molecule has 7 nitrogen and oxygen atoms in total. The van der Waals surface area contributed by atoms with Crippen LogP contribution in [-0.2, 0) is 9.59 Å². The summed E-state index contributed by atoms with van der Waals surface area (Å²) in [5.41, 5.74) is 1.80. The molecule has 1 fully saturated rings. The number of barbiturate groups is 1. The Bertz CT molecular complexity index is 979. The Morgan fingerprint density at radius 2 is 1.76 bits per heavy atom. The van der Waals surface area contributed by atoms with Crippen LogP contribution in [0.5, 0.6) is 11.5 Å². The van der Waals surface area contributed by atoms with Crippen LogP contribution in [0.1, 0.15) is 24.5 Å². The molecule has 0 radical (unpaired) electrons. The van der Waals surface area contributed by atoms with Gasteiger partial charge in [0.15, 0.2) is 11.5 Å². The lowest BCUT2D eigenvalue weighted by atomic mass is 10.1. The van der Waals surface area contributed by atoms with E-state index in [1.165, 1.54) is 13.2 Å². The van der Waals surface area contributed by atoms with Crippen molar-refractivity contribution in [3.63, 3.8) is 0 Å². The summed E-state index contributed by atoms with van der Waals surface area (Å²) in [6, 6.07) is 11.2. The average molecular weight is 394 g/mol. The summed E-state index contributed by atoms with van der Waals surface area (Å²) in [5.74, 6) is -0.364. The molecule has 3 rings (SSSR count). The molecule has 1 aliphatic heterocycles. The van der Waals surface area contributed by atoms with Crippen LogP contribution in [-0.4, -0.2) is 31.6 Å². The van der Waals surface area contributed by atoms with Crippen LogP contribution in [0, 0.1) is 6.92 Å². The second-order valence-corrected chi connectivity index (χ2v) is 6.55. The van der Waals surface area contributed by atoms with E-state index in [-0.39, 0.29) is 5.57 Å². The van der Waals surface area contributed by atoms with E-state index in [4.69, 9.17) is 9.47 Å². The molecular formula is C22H22N2O5. The Hall–Kier alpha value is -3.61. The van der Waals surface area contributed by atoms with Gasteiger partial charge >= 0.3 is 6.03 Å². The number of carbonyl (C=O) groups is 3. The van der Waals surface area contributed by atoms with Crippen molar-refractivity contribution in [1.82, 2.24) is 5.32 Å². The fourth-order valence-electron chi connectivity index (χ4n) is 2.86. The molecule has 1 aliphatic rings. The molecule has 0 aromatic heterocycles. The van der Waals surface area contributed by atoms with Crippen LogP contribution >= 0.6 is 0 Å². The van der Waals surface area contributed by atoms with Gasteiger partial charge in [-0.25, -0.2) is 9.69 Å². The standard InChI is InChI=1S/C22H22N2O5/c1-4-11-29-18-10-7-15(13-19(18)28-3)12-17-20(25)23-22(27)24(21(17)26)16-8-5-14(2)6-9-16/h5-10,12-13H,4,11H2,1-3H3,(H,23,25,27)/b17-12+. The van der Waals surface area contributed by atoms with Crippen LogP contribution in [0.3, 0.4) is 0 Å². The predicted molar refractivity (Wildman–Crippen MR) is 109 cm³/mol. The third-order valence-corrected chi connectivity index (χ3v) is 4.35. The van der Waals surface area contributed by atoms with Gasteiger partial charge in [-0.1, -0.05) is 30.7 Å². The van der Waals surface area contributed by atoms with E-state index in [0.717, 1.165) is 16.9 Å². The van der Waals surface area contributed by atoms with Crippen LogP contribution in [0.2, 0.25) is 0 Å². The number of imide groups is 2. The smallest absolute Gasteiger partial charge is 0.335 e. The molecule has 0 bridgehead atoms. The van der Waals surface area contributed by atoms with Gasteiger partial charge in [-0.15, -0.1) is 0 Å². The minimum Gasteiger partial charge on any atom is -0.493 e. The number of methoxy groups -OCH3 is 1. The number of amides is 4. The van der Waals surface area contributed by atoms with Gasteiger partial charge in [0.05, 0.1) is 19.4 Å². The number of benzene rings is 2. The molecule has 7 heteroatoms. The van der Waals surface area contributed by atoms with Gasteiger partial charge in [0.2, 0.25) is 0 Å². The lowest BCUT2D eigenvalue weighted by Crippen LogP contribution is -2.54. The highest BCUT2D eigenvalue weighted by Crippen LogP contribution is 2.30. The van der Waals surface area contributed by atoms with Crippen molar-refractivity contribution in [2.24, 2.45) is 0 Å². The Labute approximate surface area is 168 Å². The number of aryl methyl sites for hydroxylation is 1. The largest absolute Gasteiger partial charge is 0.493 e. The zero-order valence-electron chi connectivity index (χ0n) is 16.5. The first-order chi connectivity index (χ1) is 13.9. The van der Waals surface area contributed by atoms with Crippen molar-refractivity contribution in [2.75, 3.05) is 18.6 Å². The molecular weight excluding hydrogens is 372 g/mol. The van der Waals surface area contributed by atoms with Crippen LogP contribution in [0.4, 0.5) is 10.5 Å². The first-order valence-corrected chi connectivity index (χ1v) is 9.23. The molecule has 1 saturated heterocycles. The molecule has 0 aliphatic carbocycles. The topological polar surface area (TPSA) is 84.9 Å². The van der Waals surface area contributed by atoms with Gasteiger partial charge in [0.1, 0.15) is 5.57 Å². The number of anilines is 1. The molecule has 0 atom stereocenters. The van der Waals surface area contributed by atoms with E-state index in [1.54, 1.807) is 42.5 Å². The first kappa shape index (κ1) is 20.1. The van der Waals surface area contributed by atoms with Crippen molar-refractivity contribution in [3.05, 3.63) is 59.2 Å². The molecule has 1 heterocycles. The fourth-order valence-corrected chi connectivity index (χ4v) is 2.86. The summed E-state index contributed by atoms with van der Waals surface area (Å²) in [6.07, 6.45) is 2.28. The van der Waals surface area contributed by atoms with E-state index in [0.29, 0.717) is 29.4 Å². The number of hydrogen-bond acceptors (Lipinski definition) is 5. The molecule has 0 unspecified atom stereocenters. The summed E-state index contributed by atoms with van der Waals surface area (Å²) in [7, 11) is 1.52. The monoisotopic (exact) mass is 394 g/mol. The van der Waals surface area contributed by atoms with Crippen molar-refractivity contribution in [3.8, 4) is 11.5 Å². The number of nitrogens with one attached hydrogen (secondary N) is 1. The SMILES string of the molecule is CCCOc1ccc(/C=C2\C(=O)NC(=O)N(c3ccc(C)cc3)C2=O)cc1OC. The van der Waals surface area contributed by atoms with Gasteiger partial charge in [0, 0.05) is 0 Å². The number of carbonyl (C=O) groups excluding carboxylic acids is 3. The quantitative estimate of drug-likeness (QED) is 0.599. The van der Waals surface area contributed by atoms with Crippen molar-refractivity contribution < 1.29 is 23.9 Å². The van der Waals surface area contributed by atoms with Gasteiger partial charge < -0.3 is 9.47 Å². The zero-order chi connectivity index (χ0) is 21.0. The van der Waals surface area contributed by atoms with Gasteiger partial charge in [-0.05, 0) is 49.2 Å². The molecule has 1 N–H and O–H groups in total. The second kappa shape index (κ2) is 8.60. The normalized spacial score (nSPS) is 15.5. The van der Waals surface area contributed by atoms with Crippen molar-refractivity contribution >= 4 is 29.6 Å². The van der Waals surface area contributed by atoms with Gasteiger partial charge in [-0.3, -0.25) is 14.9 Å². The fraction of sp³-hybridized carbons (Fsp3) is 0.227. The summed E-state index contributed by atoms with van der Waals surface area (Å²) >= 11 is 0. The minimum atomic E-state index is -0.776. The number of hydrogen-bond donors (Lipinski definition) is 1. The minimum absolute atomic E-state index is 0.144. The summed E-state index contributed by atoms with van der Waals surface area (Å²) in [5, 5.41) is 2.21. The van der Waals surface area contributed by atoms with Crippen molar-refractivity contribution in [1.29, 1.82) is 0 Å². The van der Waals surface area contributed by atoms with E-state index < -0.39 is 17.8 Å². The zero-order valence-corrected chi connectivity index (χ0v) is 16.5. The number of urea groups is 1. The third kappa shape index (κ3) is 4.29. The highest BCUT2D eigenvalue weighted by molar-refractivity contribution is 6.39. The van der Waals surface area contributed by atoms with Crippen molar-refractivity contribution in [2.45, 2.75) is 20.3 Å². The maximum Gasteiger partial charge on any atom is 0.335 e. The summed E-state index contributed by atoms with van der Waals surface area (Å²) < 4.78 is 11.0.